The zero-order chi connectivity index (χ0) is 10.3. The van der Waals surface area contributed by atoms with E-state index in [1.54, 1.807) is 18.6 Å². The highest BCUT2D eigenvalue weighted by Gasteiger charge is 2.27. The summed E-state index contributed by atoms with van der Waals surface area (Å²) >= 11 is 0. The van der Waals surface area contributed by atoms with Crippen molar-refractivity contribution >= 4 is 5.82 Å². The van der Waals surface area contributed by atoms with E-state index >= 15 is 0 Å². The van der Waals surface area contributed by atoms with E-state index in [4.69, 9.17) is 10.2 Å². The van der Waals surface area contributed by atoms with E-state index in [1.807, 2.05) is 6.07 Å². The Bertz CT molecular complexity index is 475. The molecule has 2 heterocycles. The monoisotopic (exact) mass is 201 g/mol. The molecule has 15 heavy (non-hydrogen) atoms. The van der Waals surface area contributed by atoms with Gasteiger partial charge in [0.2, 0.25) is 0 Å². The van der Waals surface area contributed by atoms with Crippen LogP contribution in [0.3, 0.4) is 0 Å². The predicted molar refractivity (Wildman–Crippen MR) is 56.1 cm³/mol. The third-order valence-corrected chi connectivity index (χ3v) is 2.52. The van der Waals surface area contributed by atoms with Crippen molar-refractivity contribution in [1.82, 2.24) is 9.97 Å². The summed E-state index contributed by atoms with van der Waals surface area (Å²) in [5, 5.41) is 0. The van der Waals surface area contributed by atoms with Crippen molar-refractivity contribution in [2.24, 2.45) is 0 Å². The second-order valence-corrected chi connectivity index (χ2v) is 3.82. The van der Waals surface area contributed by atoms with E-state index in [2.05, 4.69) is 9.97 Å². The third-order valence-electron chi connectivity index (χ3n) is 2.52. The number of nitrogen functional groups attached to an aromatic ring is 1. The SMILES string of the molecule is Nc1cc(-c2ccoc2)nc(C2CC2)n1. The van der Waals surface area contributed by atoms with E-state index < -0.39 is 0 Å². The summed E-state index contributed by atoms with van der Waals surface area (Å²) in [5.74, 6) is 1.91. The first-order valence-corrected chi connectivity index (χ1v) is 5.00. The van der Waals surface area contributed by atoms with Crippen molar-refractivity contribution in [1.29, 1.82) is 0 Å². The quantitative estimate of drug-likeness (QED) is 0.808. The molecule has 0 unspecified atom stereocenters. The largest absolute Gasteiger partial charge is 0.472 e. The van der Waals surface area contributed by atoms with Gasteiger partial charge in [-0.1, -0.05) is 0 Å². The minimum absolute atomic E-state index is 0.513. The molecule has 4 nitrogen and oxygen atoms in total. The standard InChI is InChI=1S/C11H11N3O/c12-10-5-9(8-3-4-15-6-8)13-11(14-10)7-1-2-7/h3-7H,1-2H2,(H2,12,13,14). The van der Waals surface area contributed by atoms with Crippen LogP contribution in [-0.4, -0.2) is 9.97 Å². The van der Waals surface area contributed by atoms with Gasteiger partial charge in [-0.25, -0.2) is 9.97 Å². The number of nitrogens with two attached hydrogens (primary N) is 1. The number of nitrogens with zero attached hydrogens (tertiary/aromatic N) is 2. The van der Waals surface area contributed by atoms with Crippen molar-refractivity contribution < 1.29 is 4.42 Å². The highest BCUT2D eigenvalue weighted by atomic mass is 16.3. The molecule has 76 valence electrons. The fraction of sp³-hybridized carbons (Fsp3) is 0.273. The lowest BCUT2D eigenvalue weighted by atomic mass is 10.2. The first kappa shape index (κ1) is 8.47. The number of furan rings is 1. The van der Waals surface area contributed by atoms with Gasteiger partial charge in [-0.2, -0.15) is 0 Å². The van der Waals surface area contributed by atoms with Crippen molar-refractivity contribution in [3.05, 3.63) is 30.5 Å². The van der Waals surface area contributed by atoms with Crippen molar-refractivity contribution in [2.75, 3.05) is 5.73 Å². The number of rotatable bonds is 2. The Morgan fingerprint density at radius 2 is 2.20 bits per heavy atom. The Hall–Kier alpha value is -1.84. The number of hydrogen-bond donors (Lipinski definition) is 1. The highest BCUT2D eigenvalue weighted by molar-refractivity contribution is 5.60. The molecular formula is C11H11N3O. The number of aromatic nitrogens is 2. The van der Waals surface area contributed by atoms with Gasteiger partial charge in [-0.05, 0) is 18.9 Å². The Kier molecular flexibility index (Phi) is 1.74. The van der Waals surface area contributed by atoms with Crippen LogP contribution in [0.2, 0.25) is 0 Å². The molecule has 0 aliphatic heterocycles. The lowest BCUT2D eigenvalue weighted by molar-refractivity contribution is 0.568. The van der Waals surface area contributed by atoms with E-state index in [-0.39, 0.29) is 0 Å². The third kappa shape index (κ3) is 1.58. The molecular weight excluding hydrogens is 190 g/mol. The van der Waals surface area contributed by atoms with Crippen LogP contribution in [0.25, 0.3) is 11.3 Å². The number of anilines is 1. The molecule has 2 aromatic heterocycles. The van der Waals surface area contributed by atoms with Gasteiger partial charge in [0.25, 0.3) is 0 Å². The van der Waals surface area contributed by atoms with E-state index in [0.717, 1.165) is 17.1 Å². The first-order chi connectivity index (χ1) is 7.33. The lowest BCUT2D eigenvalue weighted by Gasteiger charge is -2.02. The van der Waals surface area contributed by atoms with Crippen molar-refractivity contribution in [3.8, 4) is 11.3 Å². The molecule has 0 amide bonds. The normalized spacial score (nSPS) is 15.5. The second kappa shape index (κ2) is 3.08. The summed E-state index contributed by atoms with van der Waals surface area (Å²) in [5.41, 5.74) is 7.54. The Balaban J connectivity index is 2.07. The fourth-order valence-electron chi connectivity index (χ4n) is 1.57. The molecule has 2 aromatic rings. The second-order valence-electron chi connectivity index (χ2n) is 3.82. The maximum Gasteiger partial charge on any atom is 0.134 e. The Morgan fingerprint density at radius 3 is 2.87 bits per heavy atom. The van der Waals surface area contributed by atoms with Gasteiger partial charge in [0.05, 0.1) is 18.2 Å². The average molecular weight is 201 g/mol. The topological polar surface area (TPSA) is 64.9 Å². The van der Waals surface area contributed by atoms with Crippen molar-refractivity contribution in [2.45, 2.75) is 18.8 Å². The van der Waals surface area contributed by atoms with Crippen LogP contribution >= 0.6 is 0 Å². The van der Waals surface area contributed by atoms with Crippen LogP contribution in [0.4, 0.5) is 5.82 Å². The molecule has 1 fully saturated rings. The Labute approximate surface area is 87.2 Å². The molecule has 0 atom stereocenters. The molecule has 1 aliphatic carbocycles. The molecule has 1 saturated carbocycles. The van der Waals surface area contributed by atoms with Crippen LogP contribution in [0, 0.1) is 0 Å². The van der Waals surface area contributed by atoms with Crippen LogP contribution in [0.15, 0.2) is 29.1 Å². The molecule has 3 rings (SSSR count). The summed E-state index contributed by atoms with van der Waals surface area (Å²) < 4.78 is 5.02. The summed E-state index contributed by atoms with van der Waals surface area (Å²) in [7, 11) is 0. The maximum atomic E-state index is 5.75. The van der Waals surface area contributed by atoms with Crippen LogP contribution in [-0.2, 0) is 0 Å². The lowest BCUT2D eigenvalue weighted by Crippen LogP contribution is -1.99. The van der Waals surface area contributed by atoms with Gasteiger partial charge < -0.3 is 10.2 Å². The first-order valence-electron chi connectivity index (χ1n) is 5.00. The smallest absolute Gasteiger partial charge is 0.134 e. The molecule has 4 heteroatoms. The number of hydrogen-bond acceptors (Lipinski definition) is 4. The van der Waals surface area contributed by atoms with Gasteiger partial charge in [-0.15, -0.1) is 0 Å². The minimum Gasteiger partial charge on any atom is -0.472 e. The summed E-state index contributed by atoms with van der Waals surface area (Å²) in [6, 6.07) is 3.65. The summed E-state index contributed by atoms with van der Waals surface area (Å²) in [4.78, 5) is 8.73. The van der Waals surface area contributed by atoms with Gasteiger partial charge in [0, 0.05) is 17.5 Å². The molecule has 1 aliphatic rings. The highest BCUT2D eigenvalue weighted by Crippen LogP contribution is 2.38. The van der Waals surface area contributed by atoms with Crippen LogP contribution in [0.5, 0.6) is 0 Å². The zero-order valence-electron chi connectivity index (χ0n) is 8.18. The van der Waals surface area contributed by atoms with Crippen LogP contribution < -0.4 is 5.73 Å². The van der Waals surface area contributed by atoms with Crippen LogP contribution in [0.1, 0.15) is 24.6 Å². The van der Waals surface area contributed by atoms with E-state index in [0.29, 0.717) is 11.7 Å². The molecule has 2 N–H and O–H groups in total. The summed E-state index contributed by atoms with van der Waals surface area (Å²) in [6.07, 6.45) is 5.64. The average Bonchev–Trinajstić information content (AvgIpc) is 2.93. The van der Waals surface area contributed by atoms with Gasteiger partial charge >= 0.3 is 0 Å². The molecule has 0 spiro atoms. The van der Waals surface area contributed by atoms with E-state index in [1.165, 1.54) is 12.8 Å². The molecule has 0 aromatic carbocycles. The summed E-state index contributed by atoms with van der Waals surface area (Å²) in [6.45, 7) is 0. The molecule has 0 bridgehead atoms. The maximum absolute atomic E-state index is 5.75. The Morgan fingerprint density at radius 1 is 1.33 bits per heavy atom. The fourth-order valence-corrected chi connectivity index (χ4v) is 1.57. The van der Waals surface area contributed by atoms with Gasteiger partial charge in [0.15, 0.2) is 0 Å². The van der Waals surface area contributed by atoms with Crippen molar-refractivity contribution in [3.63, 3.8) is 0 Å². The molecule has 0 radical (unpaired) electrons. The van der Waals surface area contributed by atoms with Gasteiger partial charge in [0.1, 0.15) is 11.6 Å². The predicted octanol–water partition coefficient (Wildman–Crippen LogP) is 2.20. The van der Waals surface area contributed by atoms with Gasteiger partial charge in [-0.3, -0.25) is 0 Å². The zero-order valence-corrected chi connectivity index (χ0v) is 8.18. The minimum atomic E-state index is 0.513. The molecule has 0 saturated heterocycles. The van der Waals surface area contributed by atoms with E-state index in [9.17, 15) is 0 Å².